The van der Waals surface area contributed by atoms with Gasteiger partial charge in [-0.15, -0.1) is 0 Å². The maximum absolute atomic E-state index is 11.6. The highest BCUT2D eigenvalue weighted by atomic mass is 16.6. The normalized spacial score (nSPS) is 10.8. The molecule has 2 aromatic carbocycles. The number of hydrogen-bond donors (Lipinski definition) is 1. The van der Waals surface area contributed by atoms with E-state index in [1.807, 2.05) is 13.0 Å². The monoisotopic (exact) mass is 435 g/mol. The Bertz CT molecular complexity index is 1290. The van der Waals surface area contributed by atoms with E-state index < -0.39 is 4.92 Å². The Morgan fingerprint density at radius 2 is 1.75 bits per heavy atom. The summed E-state index contributed by atoms with van der Waals surface area (Å²) in [5, 5.41) is 15.4. The van der Waals surface area contributed by atoms with Crippen LogP contribution in [0.1, 0.15) is 5.56 Å². The van der Waals surface area contributed by atoms with Gasteiger partial charge < -0.3 is 19.5 Å². The van der Waals surface area contributed by atoms with Gasteiger partial charge in [0.05, 0.1) is 26.3 Å². The van der Waals surface area contributed by atoms with Gasteiger partial charge in [-0.2, -0.15) is 4.98 Å². The first kappa shape index (κ1) is 20.9. The number of aryl methyl sites for hydroxylation is 1. The smallest absolute Gasteiger partial charge is 0.293 e. The van der Waals surface area contributed by atoms with Crippen molar-refractivity contribution in [3.8, 4) is 22.9 Å². The molecule has 0 fully saturated rings. The van der Waals surface area contributed by atoms with Gasteiger partial charge in [-0.25, -0.2) is 4.98 Å². The molecular weight excluding hydrogens is 414 g/mol. The lowest BCUT2D eigenvalue weighted by molar-refractivity contribution is -0.384. The summed E-state index contributed by atoms with van der Waals surface area (Å²) in [7, 11) is 4.60. The number of nitro benzene ring substituents is 1. The van der Waals surface area contributed by atoms with E-state index >= 15 is 0 Å². The molecule has 2 aromatic heterocycles. The molecule has 0 aliphatic heterocycles. The molecule has 4 rings (SSSR count). The molecule has 1 N–H and O–H groups in total. The highest BCUT2D eigenvalue weighted by molar-refractivity contribution is 5.80. The van der Waals surface area contributed by atoms with Crippen LogP contribution in [0.25, 0.3) is 16.7 Å². The number of nitro groups is 1. The third-order valence-electron chi connectivity index (χ3n) is 4.94. The zero-order valence-electron chi connectivity index (χ0n) is 17.9. The maximum atomic E-state index is 11.6. The van der Waals surface area contributed by atoms with E-state index in [1.54, 1.807) is 41.2 Å². The second kappa shape index (κ2) is 8.42. The maximum Gasteiger partial charge on any atom is 0.293 e. The fraction of sp³-hybridized carbons (Fsp3) is 0.182. The van der Waals surface area contributed by atoms with Crippen molar-refractivity contribution < 1.29 is 19.1 Å². The van der Waals surface area contributed by atoms with Crippen molar-refractivity contribution in [3.05, 3.63) is 64.5 Å². The van der Waals surface area contributed by atoms with Crippen LogP contribution in [0.15, 0.2) is 48.8 Å². The Morgan fingerprint density at radius 1 is 1.03 bits per heavy atom. The third kappa shape index (κ3) is 3.73. The summed E-state index contributed by atoms with van der Waals surface area (Å²) in [6.45, 7) is 1.88. The molecular formula is C22H21N5O5. The summed E-state index contributed by atoms with van der Waals surface area (Å²) >= 11 is 0. The summed E-state index contributed by atoms with van der Waals surface area (Å²) in [6, 6.07) is 10.2. The van der Waals surface area contributed by atoms with Crippen molar-refractivity contribution in [2.24, 2.45) is 0 Å². The van der Waals surface area contributed by atoms with Crippen molar-refractivity contribution in [1.29, 1.82) is 0 Å². The molecule has 164 valence electrons. The number of nitrogens with zero attached hydrogens (tertiary/aromatic N) is 4. The summed E-state index contributed by atoms with van der Waals surface area (Å²) < 4.78 is 17.8. The molecule has 0 saturated carbocycles. The van der Waals surface area contributed by atoms with Crippen molar-refractivity contribution in [1.82, 2.24) is 14.5 Å². The fourth-order valence-electron chi connectivity index (χ4n) is 3.44. The highest BCUT2D eigenvalue weighted by Gasteiger charge is 2.18. The lowest BCUT2D eigenvalue weighted by Crippen LogP contribution is -2.03. The number of ether oxygens (including phenoxy) is 3. The number of methoxy groups -OCH3 is 3. The van der Waals surface area contributed by atoms with Gasteiger partial charge in [0.15, 0.2) is 11.5 Å². The zero-order chi connectivity index (χ0) is 22.8. The highest BCUT2D eigenvalue weighted by Crippen LogP contribution is 2.40. The van der Waals surface area contributed by atoms with Crippen LogP contribution in [0.4, 0.5) is 17.3 Å². The van der Waals surface area contributed by atoms with Gasteiger partial charge in [0.1, 0.15) is 11.3 Å². The summed E-state index contributed by atoms with van der Waals surface area (Å²) in [5.74, 6) is 1.74. The van der Waals surface area contributed by atoms with Crippen LogP contribution in [-0.4, -0.2) is 40.8 Å². The number of rotatable bonds is 7. The number of fused-ring (bicyclic) bond motifs is 1. The second-order valence-corrected chi connectivity index (χ2v) is 6.95. The van der Waals surface area contributed by atoms with Gasteiger partial charge in [0.25, 0.3) is 5.69 Å². The quantitative estimate of drug-likeness (QED) is 0.335. The average Bonchev–Trinajstić information content (AvgIpc) is 3.21. The van der Waals surface area contributed by atoms with Gasteiger partial charge >= 0.3 is 0 Å². The Morgan fingerprint density at radius 3 is 2.38 bits per heavy atom. The molecule has 0 aliphatic carbocycles. The van der Waals surface area contributed by atoms with Crippen LogP contribution in [0.5, 0.6) is 17.2 Å². The minimum atomic E-state index is -0.406. The SMILES string of the molecule is COc1cc(Nc2ncc3ccn(-c4cc(C)ccc4[N+](=O)[O-])c3n2)cc(OC)c1OC. The van der Waals surface area contributed by atoms with E-state index in [0.717, 1.165) is 10.9 Å². The van der Waals surface area contributed by atoms with E-state index in [2.05, 4.69) is 15.3 Å². The number of anilines is 2. The standard InChI is InChI=1S/C22H21N5O5/c1-13-5-6-16(27(28)29)17(9-13)26-8-7-14-12-23-22(25-21(14)26)24-15-10-18(30-2)20(32-4)19(11-15)31-3/h5-12H,1-4H3,(H,23,24,25). The number of benzene rings is 2. The predicted octanol–water partition coefficient (Wildman–Crippen LogP) is 4.41. The Kier molecular flexibility index (Phi) is 5.50. The zero-order valence-corrected chi connectivity index (χ0v) is 17.9. The number of hydrogen-bond acceptors (Lipinski definition) is 8. The first-order valence-corrected chi connectivity index (χ1v) is 9.61. The van der Waals surface area contributed by atoms with E-state index in [4.69, 9.17) is 14.2 Å². The van der Waals surface area contributed by atoms with Gasteiger partial charge in [-0.3, -0.25) is 14.7 Å². The summed E-state index contributed by atoms with van der Waals surface area (Å²) in [4.78, 5) is 20.1. The first-order valence-electron chi connectivity index (χ1n) is 9.61. The Hall–Kier alpha value is -4.34. The van der Waals surface area contributed by atoms with Crippen molar-refractivity contribution in [2.75, 3.05) is 26.6 Å². The second-order valence-electron chi connectivity index (χ2n) is 6.95. The predicted molar refractivity (Wildman–Crippen MR) is 120 cm³/mol. The van der Waals surface area contributed by atoms with Crippen LogP contribution in [0.2, 0.25) is 0 Å². The van der Waals surface area contributed by atoms with Gasteiger partial charge in [-0.05, 0) is 24.6 Å². The summed E-state index contributed by atoms with van der Waals surface area (Å²) in [5.41, 5.74) is 2.48. The molecule has 0 bridgehead atoms. The first-order chi connectivity index (χ1) is 15.4. The van der Waals surface area contributed by atoms with Crippen LogP contribution < -0.4 is 19.5 Å². The molecule has 32 heavy (non-hydrogen) atoms. The van der Waals surface area contributed by atoms with E-state index in [0.29, 0.717) is 40.2 Å². The topological polar surface area (TPSA) is 114 Å². The molecule has 0 spiro atoms. The lowest BCUT2D eigenvalue weighted by atomic mass is 10.2. The van der Waals surface area contributed by atoms with Crippen LogP contribution in [0.3, 0.4) is 0 Å². The van der Waals surface area contributed by atoms with Crippen LogP contribution in [0, 0.1) is 17.0 Å². The summed E-state index contributed by atoms with van der Waals surface area (Å²) in [6.07, 6.45) is 3.39. The molecule has 0 saturated heterocycles. The fourth-order valence-corrected chi connectivity index (χ4v) is 3.44. The minimum absolute atomic E-state index is 0.00847. The molecule has 0 radical (unpaired) electrons. The molecule has 10 heteroatoms. The minimum Gasteiger partial charge on any atom is -0.493 e. The molecule has 0 amide bonds. The lowest BCUT2D eigenvalue weighted by Gasteiger charge is -2.14. The molecule has 10 nitrogen and oxygen atoms in total. The van der Waals surface area contributed by atoms with E-state index in [1.165, 1.54) is 27.4 Å². The Labute approximate surface area is 183 Å². The molecule has 4 aromatic rings. The van der Waals surface area contributed by atoms with Gasteiger partial charge in [-0.1, -0.05) is 6.07 Å². The van der Waals surface area contributed by atoms with Crippen LogP contribution in [-0.2, 0) is 0 Å². The number of nitrogens with one attached hydrogen (secondary N) is 1. The molecule has 0 unspecified atom stereocenters. The van der Waals surface area contributed by atoms with Crippen LogP contribution >= 0.6 is 0 Å². The van der Waals surface area contributed by atoms with Crippen molar-refractivity contribution >= 4 is 28.4 Å². The largest absolute Gasteiger partial charge is 0.493 e. The van der Waals surface area contributed by atoms with E-state index in [-0.39, 0.29) is 5.69 Å². The molecule has 0 atom stereocenters. The van der Waals surface area contributed by atoms with E-state index in [9.17, 15) is 10.1 Å². The number of aromatic nitrogens is 3. The van der Waals surface area contributed by atoms with Gasteiger partial charge in [0, 0.05) is 41.7 Å². The molecule has 2 heterocycles. The van der Waals surface area contributed by atoms with Gasteiger partial charge in [0.2, 0.25) is 11.7 Å². The van der Waals surface area contributed by atoms with Crippen molar-refractivity contribution in [2.45, 2.75) is 6.92 Å². The Balaban J connectivity index is 1.78. The van der Waals surface area contributed by atoms with Crippen molar-refractivity contribution in [3.63, 3.8) is 0 Å². The third-order valence-corrected chi connectivity index (χ3v) is 4.94. The molecule has 0 aliphatic rings. The average molecular weight is 435 g/mol.